The fraction of sp³-hybridized carbons (Fsp3) is 0.385. The van der Waals surface area contributed by atoms with Crippen molar-refractivity contribution < 1.29 is 24.5 Å². The minimum Gasteiger partial charge on any atom is -0.484 e. The molecule has 108 valence electrons. The lowest BCUT2D eigenvalue weighted by atomic mass is 10.2. The molecule has 1 unspecified atom stereocenters. The number of hydrogen-bond acceptors (Lipinski definition) is 4. The van der Waals surface area contributed by atoms with Crippen LogP contribution in [-0.4, -0.2) is 52.3 Å². The lowest BCUT2D eigenvalue weighted by Crippen LogP contribution is -2.42. The molecule has 1 aromatic rings. The number of benzene rings is 1. The fourth-order valence-electron chi connectivity index (χ4n) is 2.11. The van der Waals surface area contributed by atoms with Crippen LogP contribution >= 0.6 is 11.6 Å². The van der Waals surface area contributed by atoms with Crippen molar-refractivity contribution >= 4 is 23.5 Å². The van der Waals surface area contributed by atoms with Gasteiger partial charge in [-0.1, -0.05) is 17.7 Å². The van der Waals surface area contributed by atoms with Crippen LogP contribution in [0.4, 0.5) is 0 Å². The molecule has 1 aliphatic rings. The number of amides is 1. The van der Waals surface area contributed by atoms with Gasteiger partial charge in [-0.25, -0.2) is 4.79 Å². The van der Waals surface area contributed by atoms with Gasteiger partial charge in [-0.05, 0) is 18.2 Å². The number of carbonyl (C=O) groups excluding carboxylic acids is 1. The Kier molecular flexibility index (Phi) is 4.46. The number of likely N-dealkylation sites (tertiary alicyclic amines) is 1. The molecule has 0 radical (unpaired) electrons. The van der Waals surface area contributed by atoms with Crippen molar-refractivity contribution in [1.29, 1.82) is 0 Å². The minimum atomic E-state index is -1.13. The van der Waals surface area contributed by atoms with E-state index in [2.05, 4.69) is 0 Å². The van der Waals surface area contributed by atoms with Gasteiger partial charge in [0.25, 0.3) is 5.91 Å². The molecule has 0 spiro atoms. The third-order valence-corrected chi connectivity index (χ3v) is 3.28. The van der Waals surface area contributed by atoms with Gasteiger partial charge < -0.3 is 19.8 Å². The first kappa shape index (κ1) is 14.6. The molecule has 0 aromatic heterocycles. The molecular weight excluding hydrogens is 286 g/mol. The number of aliphatic hydroxyl groups is 1. The molecule has 0 saturated carbocycles. The van der Waals surface area contributed by atoms with Crippen LogP contribution in [0.5, 0.6) is 5.75 Å². The van der Waals surface area contributed by atoms with Gasteiger partial charge in [-0.15, -0.1) is 0 Å². The van der Waals surface area contributed by atoms with E-state index in [1.165, 1.54) is 0 Å². The second-order valence-corrected chi connectivity index (χ2v) is 4.97. The molecule has 0 aliphatic carbocycles. The Balaban J connectivity index is 1.96. The summed E-state index contributed by atoms with van der Waals surface area (Å²) in [6, 6.07) is 5.56. The van der Waals surface area contributed by atoms with Crippen LogP contribution in [0.15, 0.2) is 24.3 Å². The second-order valence-electron chi connectivity index (χ2n) is 4.54. The van der Waals surface area contributed by atoms with Gasteiger partial charge in [-0.3, -0.25) is 4.79 Å². The maximum atomic E-state index is 12.0. The molecule has 2 atom stereocenters. The molecule has 7 heteroatoms. The van der Waals surface area contributed by atoms with E-state index in [4.69, 9.17) is 21.4 Å². The van der Waals surface area contributed by atoms with Crippen LogP contribution in [0.3, 0.4) is 0 Å². The first-order chi connectivity index (χ1) is 9.47. The number of aliphatic hydroxyl groups excluding tert-OH is 1. The van der Waals surface area contributed by atoms with Crippen molar-refractivity contribution in [2.24, 2.45) is 0 Å². The third kappa shape index (κ3) is 3.40. The average molecular weight is 300 g/mol. The third-order valence-electron chi connectivity index (χ3n) is 3.04. The van der Waals surface area contributed by atoms with Gasteiger partial charge in [0, 0.05) is 18.0 Å². The van der Waals surface area contributed by atoms with Crippen LogP contribution < -0.4 is 4.74 Å². The van der Waals surface area contributed by atoms with E-state index < -0.39 is 24.0 Å². The predicted molar refractivity (Wildman–Crippen MR) is 70.7 cm³/mol. The van der Waals surface area contributed by atoms with E-state index in [1.807, 2.05) is 0 Å². The maximum Gasteiger partial charge on any atom is 0.326 e. The van der Waals surface area contributed by atoms with Gasteiger partial charge in [0.2, 0.25) is 0 Å². The van der Waals surface area contributed by atoms with Gasteiger partial charge in [0.15, 0.2) is 6.61 Å². The quantitative estimate of drug-likeness (QED) is 0.857. The number of carboxylic acids is 1. The smallest absolute Gasteiger partial charge is 0.326 e. The largest absolute Gasteiger partial charge is 0.484 e. The van der Waals surface area contributed by atoms with Crippen LogP contribution in [-0.2, 0) is 9.59 Å². The number of hydrogen-bond donors (Lipinski definition) is 2. The molecule has 1 saturated heterocycles. The summed E-state index contributed by atoms with van der Waals surface area (Å²) >= 11 is 5.79. The summed E-state index contributed by atoms with van der Waals surface area (Å²) in [6.45, 7) is -0.286. The number of carboxylic acid groups (broad SMARTS) is 1. The van der Waals surface area contributed by atoms with E-state index in [-0.39, 0.29) is 19.6 Å². The van der Waals surface area contributed by atoms with Gasteiger partial charge in [0.1, 0.15) is 11.8 Å². The van der Waals surface area contributed by atoms with E-state index in [1.54, 1.807) is 24.3 Å². The summed E-state index contributed by atoms with van der Waals surface area (Å²) in [4.78, 5) is 24.1. The lowest BCUT2D eigenvalue weighted by molar-refractivity contribution is -0.148. The molecule has 1 aromatic carbocycles. The summed E-state index contributed by atoms with van der Waals surface area (Å²) in [5, 5.41) is 19.0. The minimum absolute atomic E-state index is 0.00864. The van der Waals surface area contributed by atoms with Crippen LogP contribution in [0.2, 0.25) is 5.02 Å². The van der Waals surface area contributed by atoms with E-state index >= 15 is 0 Å². The highest BCUT2D eigenvalue weighted by Crippen LogP contribution is 2.20. The molecule has 1 aliphatic heterocycles. The van der Waals surface area contributed by atoms with Crippen LogP contribution in [0.1, 0.15) is 6.42 Å². The average Bonchev–Trinajstić information content (AvgIpc) is 2.78. The molecule has 0 bridgehead atoms. The Labute approximate surface area is 120 Å². The summed E-state index contributed by atoms with van der Waals surface area (Å²) in [5.41, 5.74) is 0. The Morgan fingerprint density at radius 3 is 2.85 bits per heavy atom. The van der Waals surface area contributed by atoms with Crippen LogP contribution in [0, 0.1) is 0 Å². The summed E-state index contributed by atoms with van der Waals surface area (Å²) < 4.78 is 5.27. The van der Waals surface area contributed by atoms with Crippen molar-refractivity contribution in [3.8, 4) is 5.75 Å². The second kappa shape index (κ2) is 6.11. The molecule has 20 heavy (non-hydrogen) atoms. The zero-order chi connectivity index (χ0) is 14.7. The summed E-state index contributed by atoms with van der Waals surface area (Å²) in [6.07, 6.45) is -0.774. The predicted octanol–water partition coefficient (Wildman–Crippen LogP) is 0.765. The lowest BCUT2D eigenvalue weighted by Gasteiger charge is -2.21. The Morgan fingerprint density at radius 2 is 2.20 bits per heavy atom. The molecule has 2 N–H and O–H groups in total. The number of aliphatic carboxylic acids is 1. The van der Waals surface area contributed by atoms with Crippen molar-refractivity contribution in [2.75, 3.05) is 13.2 Å². The highest BCUT2D eigenvalue weighted by Gasteiger charge is 2.38. The highest BCUT2D eigenvalue weighted by atomic mass is 35.5. The van der Waals surface area contributed by atoms with Crippen molar-refractivity contribution in [2.45, 2.75) is 18.6 Å². The number of rotatable bonds is 4. The number of halogens is 1. The number of ether oxygens (including phenoxy) is 1. The van der Waals surface area contributed by atoms with E-state index in [0.717, 1.165) is 4.90 Å². The SMILES string of the molecule is O=C(O)[C@@H]1CC(O)CN1C(=O)COc1cccc(Cl)c1. The highest BCUT2D eigenvalue weighted by molar-refractivity contribution is 6.30. The van der Waals surface area contributed by atoms with Gasteiger partial charge >= 0.3 is 5.97 Å². The maximum absolute atomic E-state index is 12.0. The zero-order valence-corrected chi connectivity index (χ0v) is 11.3. The van der Waals surface area contributed by atoms with Crippen molar-refractivity contribution in [1.82, 2.24) is 4.90 Å². The summed E-state index contributed by atoms with van der Waals surface area (Å²) in [5.74, 6) is -1.18. The van der Waals surface area contributed by atoms with E-state index in [9.17, 15) is 14.7 Å². The first-order valence-corrected chi connectivity index (χ1v) is 6.44. The number of nitrogens with zero attached hydrogens (tertiary/aromatic N) is 1. The van der Waals surface area contributed by atoms with Crippen molar-refractivity contribution in [3.63, 3.8) is 0 Å². The van der Waals surface area contributed by atoms with Gasteiger partial charge in [0.05, 0.1) is 6.10 Å². The zero-order valence-electron chi connectivity index (χ0n) is 10.5. The molecule has 2 rings (SSSR count). The number of carbonyl (C=O) groups is 2. The summed E-state index contributed by atoms with van der Waals surface area (Å²) in [7, 11) is 0. The first-order valence-electron chi connectivity index (χ1n) is 6.06. The molecule has 1 amide bonds. The molecular formula is C13H14ClNO5. The Hall–Kier alpha value is -1.79. The Morgan fingerprint density at radius 1 is 1.45 bits per heavy atom. The normalized spacial score (nSPS) is 21.8. The fourth-order valence-corrected chi connectivity index (χ4v) is 2.29. The molecule has 6 nitrogen and oxygen atoms in total. The van der Waals surface area contributed by atoms with Crippen molar-refractivity contribution in [3.05, 3.63) is 29.3 Å². The topological polar surface area (TPSA) is 87.1 Å². The van der Waals surface area contributed by atoms with Gasteiger partial charge in [-0.2, -0.15) is 0 Å². The van der Waals surface area contributed by atoms with Crippen LogP contribution in [0.25, 0.3) is 0 Å². The number of β-amino-alcohol motifs (C(OH)–C–C–N with tert-alkyl or cyclic N) is 1. The monoisotopic (exact) mass is 299 g/mol. The molecule has 1 heterocycles. The van der Waals surface area contributed by atoms with E-state index in [0.29, 0.717) is 10.8 Å². The molecule has 1 fully saturated rings. The standard InChI is InChI=1S/C13H14ClNO5/c14-8-2-1-3-10(4-8)20-7-12(17)15-6-9(16)5-11(15)13(18)19/h1-4,9,11,16H,5-7H2,(H,18,19)/t9?,11-/m0/s1. The Bertz CT molecular complexity index is 521.